The van der Waals surface area contributed by atoms with Gasteiger partial charge in [-0.05, 0) is 36.5 Å². The Kier molecular flexibility index (Phi) is 8.92. The fraction of sp³-hybridized carbons (Fsp3) is 0.857. The summed E-state index contributed by atoms with van der Waals surface area (Å²) in [7, 11) is 1.58. The molecule has 0 aromatic heterocycles. The maximum atomic E-state index is 13.3. The normalized spacial score (nSPS) is 18.8. The summed E-state index contributed by atoms with van der Waals surface area (Å²) in [6, 6.07) is 0. The summed E-state index contributed by atoms with van der Waals surface area (Å²) in [4.78, 5) is 38.2. The molecule has 0 saturated heterocycles. The van der Waals surface area contributed by atoms with E-state index in [1.54, 1.807) is 12.5 Å². The van der Waals surface area contributed by atoms with Crippen LogP contribution >= 0.6 is 0 Å². The van der Waals surface area contributed by atoms with Crippen molar-refractivity contribution in [2.24, 2.45) is 35.0 Å². The van der Waals surface area contributed by atoms with Crippen molar-refractivity contribution < 1.29 is 19.6 Å². The number of nitrogens with one attached hydrogen (secondary N) is 2. The van der Waals surface area contributed by atoms with Crippen LogP contribution in [0.3, 0.4) is 0 Å². The van der Waals surface area contributed by atoms with Crippen LogP contribution in [-0.4, -0.2) is 29.9 Å². The Bertz CT molecular complexity index is 519. The van der Waals surface area contributed by atoms with Crippen molar-refractivity contribution in [1.29, 1.82) is 0 Å². The molecule has 6 heteroatoms. The zero-order valence-electron chi connectivity index (χ0n) is 17.8. The molecule has 0 spiro atoms. The lowest BCUT2D eigenvalue weighted by molar-refractivity contribution is -0.144. The van der Waals surface area contributed by atoms with Crippen LogP contribution in [0.15, 0.2) is 0 Å². The Morgan fingerprint density at radius 2 is 1.63 bits per heavy atom. The molecular formula is C21H38N2O4. The molecular weight excluding hydrogens is 344 g/mol. The van der Waals surface area contributed by atoms with E-state index in [4.69, 9.17) is 0 Å². The van der Waals surface area contributed by atoms with Crippen molar-refractivity contribution in [1.82, 2.24) is 10.8 Å². The maximum Gasteiger partial charge on any atom is 0.247 e. The number of carbonyl (C=O) groups excluding carboxylic acids is 3. The summed E-state index contributed by atoms with van der Waals surface area (Å²) >= 11 is 0. The predicted molar refractivity (Wildman–Crippen MR) is 105 cm³/mol. The number of Topliss-reactive ketones (excluding diaryl/α,β-unsaturated/α-hetero) is 1. The molecule has 0 heterocycles. The number of hydroxylamine groups is 1. The van der Waals surface area contributed by atoms with E-state index in [1.165, 1.54) is 0 Å². The van der Waals surface area contributed by atoms with E-state index < -0.39 is 23.7 Å². The first-order valence-corrected chi connectivity index (χ1v) is 10.2. The predicted octanol–water partition coefficient (Wildman–Crippen LogP) is 3.33. The highest BCUT2D eigenvalue weighted by atomic mass is 16.5. The smallest absolute Gasteiger partial charge is 0.247 e. The van der Waals surface area contributed by atoms with Gasteiger partial charge in [-0.25, -0.2) is 5.48 Å². The molecule has 0 bridgehead atoms. The van der Waals surface area contributed by atoms with E-state index in [1.807, 2.05) is 34.6 Å². The highest BCUT2D eigenvalue weighted by Gasteiger charge is 2.42. The first kappa shape index (κ1) is 23.6. The molecule has 27 heavy (non-hydrogen) atoms. The van der Waals surface area contributed by atoms with Crippen LogP contribution in [0.5, 0.6) is 0 Å². The number of hydrogen-bond acceptors (Lipinski definition) is 4. The lowest BCUT2D eigenvalue weighted by atomic mass is 9.70. The van der Waals surface area contributed by atoms with Gasteiger partial charge in [0, 0.05) is 25.3 Å². The third-order valence-corrected chi connectivity index (χ3v) is 5.91. The monoisotopic (exact) mass is 382 g/mol. The number of hydrogen-bond donors (Lipinski definition) is 3. The zero-order chi connectivity index (χ0) is 20.8. The minimum Gasteiger partial charge on any atom is -0.359 e. The average molecular weight is 383 g/mol. The van der Waals surface area contributed by atoms with Crippen LogP contribution in [0, 0.1) is 35.0 Å². The topological polar surface area (TPSA) is 95.5 Å². The molecule has 0 aliphatic heterocycles. The van der Waals surface area contributed by atoms with E-state index in [9.17, 15) is 19.6 Å². The molecule has 1 aliphatic rings. The van der Waals surface area contributed by atoms with Crippen molar-refractivity contribution in [2.75, 3.05) is 7.05 Å². The molecule has 0 aromatic carbocycles. The van der Waals surface area contributed by atoms with Crippen LogP contribution < -0.4 is 10.8 Å². The molecule has 3 atom stereocenters. The highest BCUT2D eigenvalue weighted by Crippen LogP contribution is 2.40. The van der Waals surface area contributed by atoms with Gasteiger partial charge >= 0.3 is 0 Å². The summed E-state index contributed by atoms with van der Waals surface area (Å²) < 4.78 is 0. The van der Waals surface area contributed by atoms with Crippen LogP contribution in [0.1, 0.15) is 73.1 Å². The molecule has 1 saturated carbocycles. The summed E-state index contributed by atoms with van der Waals surface area (Å²) in [6.45, 7) is 9.91. The third-order valence-electron chi connectivity index (χ3n) is 5.91. The average Bonchev–Trinajstić information content (AvgIpc) is 3.10. The summed E-state index contributed by atoms with van der Waals surface area (Å²) in [5.41, 5.74) is 1.44. The third kappa shape index (κ3) is 6.59. The molecule has 1 fully saturated rings. The van der Waals surface area contributed by atoms with Gasteiger partial charge in [0.1, 0.15) is 5.78 Å². The van der Waals surface area contributed by atoms with Crippen molar-refractivity contribution in [2.45, 2.75) is 73.1 Å². The number of carbonyl (C=O) groups is 3. The summed E-state index contributed by atoms with van der Waals surface area (Å²) in [5.74, 6) is -1.78. The van der Waals surface area contributed by atoms with Gasteiger partial charge in [-0.1, -0.05) is 47.5 Å². The fourth-order valence-electron chi connectivity index (χ4n) is 4.42. The molecule has 1 aliphatic carbocycles. The maximum absolute atomic E-state index is 13.3. The first-order chi connectivity index (χ1) is 12.5. The number of amides is 2. The second-order valence-electron chi connectivity index (χ2n) is 9.49. The Balaban J connectivity index is 3.16. The molecule has 156 valence electrons. The standard InChI is InChI=1S/C21H38N2O4/c1-13(2)11-15(18(20(26)23-27)14-9-7-8-10-14)17(24)12-16(19(25)22-6)21(3,4)5/h13-16,18,27H,7-12H2,1-6H3,(H,22,25)(H,23,26)/t15-,16+,18-/m0/s1. The van der Waals surface area contributed by atoms with Gasteiger partial charge in [0.05, 0.1) is 5.92 Å². The minimum absolute atomic E-state index is 0.0484. The van der Waals surface area contributed by atoms with Crippen LogP contribution in [0.25, 0.3) is 0 Å². The van der Waals surface area contributed by atoms with Crippen LogP contribution in [-0.2, 0) is 14.4 Å². The van der Waals surface area contributed by atoms with Gasteiger partial charge < -0.3 is 5.32 Å². The molecule has 0 aromatic rings. The molecule has 0 radical (unpaired) electrons. The van der Waals surface area contributed by atoms with Gasteiger partial charge in [-0.15, -0.1) is 0 Å². The number of rotatable bonds is 9. The van der Waals surface area contributed by atoms with Gasteiger partial charge in [-0.3, -0.25) is 19.6 Å². The van der Waals surface area contributed by atoms with Crippen LogP contribution in [0.2, 0.25) is 0 Å². The fourth-order valence-corrected chi connectivity index (χ4v) is 4.42. The van der Waals surface area contributed by atoms with Crippen molar-refractivity contribution >= 4 is 17.6 Å². The van der Waals surface area contributed by atoms with Gasteiger partial charge in [0.2, 0.25) is 11.8 Å². The lowest BCUT2D eigenvalue weighted by Crippen LogP contribution is -2.43. The van der Waals surface area contributed by atoms with E-state index >= 15 is 0 Å². The largest absolute Gasteiger partial charge is 0.359 e. The molecule has 0 unspecified atom stereocenters. The molecule has 6 nitrogen and oxygen atoms in total. The van der Waals surface area contributed by atoms with E-state index in [0.29, 0.717) is 6.42 Å². The zero-order valence-corrected chi connectivity index (χ0v) is 17.8. The van der Waals surface area contributed by atoms with E-state index in [0.717, 1.165) is 25.7 Å². The second kappa shape index (κ2) is 10.2. The van der Waals surface area contributed by atoms with Crippen molar-refractivity contribution in [3.8, 4) is 0 Å². The van der Waals surface area contributed by atoms with Gasteiger partial charge in [0.15, 0.2) is 0 Å². The minimum atomic E-state index is -0.530. The quantitative estimate of drug-likeness (QED) is 0.421. The molecule has 2 amide bonds. The van der Waals surface area contributed by atoms with Gasteiger partial charge in [0.25, 0.3) is 0 Å². The number of ketones is 1. The van der Waals surface area contributed by atoms with Gasteiger partial charge in [-0.2, -0.15) is 0 Å². The van der Waals surface area contributed by atoms with E-state index in [2.05, 4.69) is 5.32 Å². The molecule has 3 N–H and O–H groups in total. The first-order valence-electron chi connectivity index (χ1n) is 10.2. The Morgan fingerprint density at radius 1 is 1.07 bits per heavy atom. The van der Waals surface area contributed by atoms with Crippen molar-refractivity contribution in [3.63, 3.8) is 0 Å². The Labute approximate surface area is 163 Å². The Morgan fingerprint density at radius 3 is 2.04 bits per heavy atom. The SMILES string of the molecule is CNC(=O)[C@@H](CC(=O)[C@H](CC(C)C)[C@@H](C(=O)NO)C1CCCC1)C(C)(C)C. The highest BCUT2D eigenvalue weighted by molar-refractivity contribution is 5.92. The lowest BCUT2D eigenvalue weighted by Gasteiger charge is -2.33. The molecule has 1 rings (SSSR count). The Hall–Kier alpha value is -1.43. The van der Waals surface area contributed by atoms with Crippen LogP contribution in [0.4, 0.5) is 0 Å². The van der Waals surface area contributed by atoms with Crippen molar-refractivity contribution in [3.05, 3.63) is 0 Å². The summed E-state index contributed by atoms with van der Waals surface area (Å²) in [5, 5.41) is 12.0. The van der Waals surface area contributed by atoms with E-state index in [-0.39, 0.29) is 35.4 Å². The second-order valence-corrected chi connectivity index (χ2v) is 9.49. The summed E-state index contributed by atoms with van der Waals surface area (Å²) in [6.07, 6.45) is 4.59.